The number of rotatable bonds is 6. The number of nitrogens with one attached hydrogen (secondary N) is 2. The second-order valence-corrected chi connectivity index (χ2v) is 7.20. The second-order valence-electron chi connectivity index (χ2n) is 7.20. The maximum Gasteiger partial charge on any atom is 0.337 e. The van der Waals surface area contributed by atoms with Crippen LogP contribution in [0.25, 0.3) is 0 Å². The monoisotopic (exact) mass is 397 g/mol. The van der Waals surface area contributed by atoms with Crippen LogP contribution in [-0.4, -0.2) is 67.7 Å². The number of carbonyl (C=O) groups is 2. The molecule has 0 saturated carbocycles. The molecule has 8 heteroatoms. The summed E-state index contributed by atoms with van der Waals surface area (Å²) in [5.41, 5.74) is 2.98. The third-order valence-corrected chi connectivity index (χ3v) is 5.13. The number of amides is 2. The fourth-order valence-electron chi connectivity index (χ4n) is 3.59. The van der Waals surface area contributed by atoms with Crippen LogP contribution < -0.4 is 10.6 Å². The molecule has 0 radical (unpaired) electrons. The van der Waals surface area contributed by atoms with E-state index < -0.39 is 0 Å². The molecule has 1 aromatic carbocycles. The van der Waals surface area contributed by atoms with E-state index in [0.29, 0.717) is 30.0 Å². The summed E-state index contributed by atoms with van der Waals surface area (Å²) >= 11 is 0. The Hall–Kier alpha value is -2.89. The first-order valence-electron chi connectivity index (χ1n) is 9.96. The summed E-state index contributed by atoms with van der Waals surface area (Å²) in [4.78, 5) is 28.6. The summed E-state index contributed by atoms with van der Waals surface area (Å²) in [6.07, 6.45) is 1.00. The molecule has 1 aromatic rings. The largest absolute Gasteiger partial charge is 0.463 e. The smallest absolute Gasteiger partial charge is 0.337 e. The van der Waals surface area contributed by atoms with Crippen LogP contribution in [0.15, 0.2) is 35.5 Å². The molecule has 2 N–H and O–H groups in total. The van der Waals surface area contributed by atoms with Gasteiger partial charge in [-0.25, -0.2) is 9.59 Å². The summed E-state index contributed by atoms with van der Waals surface area (Å²) in [6.45, 7) is 7.25. The molecule has 2 heterocycles. The molecule has 154 valence electrons. The maximum absolute atomic E-state index is 12.2. The Kier molecular flexibility index (Phi) is 7.22. The Morgan fingerprint density at radius 3 is 2.48 bits per heavy atom. The van der Waals surface area contributed by atoms with Crippen LogP contribution in [0, 0.1) is 11.3 Å². The highest BCUT2D eigenvalue weighted by molar-refractivity contribution is 5.93. The minimum atomic E-state index is -0.382. The van der Waals surface area contributed by atoms with Crippen LogP contribution in [0.3, 0.4) is 0 Å². The van der Waals surface area contributed by atoms with Crippen LogP contribution in [0.2, 0.25) is 0 Å². The highest BCUT2D eigenvalue weighted by Gasteiger charge is 2.25. The molecule has 29 heavy (non-hydrogen) atoms. The zero-order valence-electron chi connectivity index (χ0n) is 16.7. The standard InChI is InChI=1S/C21H27N5O3/c1-2-29-20(27)18-13-23-21(28)24-19(18)15-26-9-3-8-25(10-11-26)14-17-6-4-16(12-22)5-7-17/h4-7H,2-3,8-11,13-15H2,1H3,(H2,23,24,28). The normalized spacial score (nSPS) is 18.4. The Morgan fingerprint density at radius 1 is 1.14 bits per heavy atom. The molecule has 0 spiro atoms. The van der Waals surface area contributed by atoms with Gasteiger partial charge in [0, 0.05) is 31.9 Å². The molecule has 0 atom stereocenters. The lowest BCUT2D eigenvalue weighted by Gasteiger charge is -2.27. The van der Waals surface area contributed by atoms with Gasteiger partial charge in [0.1, 0.15) is 0 Å². The van der Waals surface area contributed by atoms with E-state index >= 15 is 0 Å². The predicted octanol–water partition coefficient (Wildman–Crippen LogP) is 1.20. The van der Waals surface area contributed by atoms with E-state index in [1.165, 1.54) is 5.56 Å². The molecular weight excluding hydrogens is 370 g/mol. The molecule has 0 bridgehead atoms. The van der Waals surface area contributed by atoms with Crippen molar-refractivity contribution in [3.8, 4) is 6.07 Å². The molecule has 1 fully saturated rings. The molecular formula is C21H27N5O3. The number of nitrogens with zero attached hydrogens (tertiary/aromatic N) is 3. The van der Waals surface area contributed by atoms with Gasteiger partial charge in [-0.1, -0.05) is 12.1 Å². The molecule has 0 aromatic heterocycles. The zero-order chi connectivity index (χ0) is 20.6. The van der Waals surface area contributed by atoms with E-state index in [1.54, 1.807) is 6.92 Å². The Bertz CT molecular complexity index is 813. The van der Waals surface area contributed by atoms with Crippen molar-refractivity contribution in [1.29, 1.82) is 5.26 Å². The van der Waals surface area contributed by atoms with Gasteiger partial charge in [-0.05, 0) is 44.1 Å². The van der Waals surface area contributed by atoms with Crippen molar-refractivity contribution < 1.29 is 14.3 Å². The van der Waals surface area contributed by atoms with Gasteiger partial charge in [-0.2, -0.15) is 5.26 Å². The average Bonchev–Trinajstić information content (AvgIpc) is 2.94. The van der Waals surface area contributed by atoms with Gasteiger partial charge in [0.05, 0.1) is 30.4 Å². The van der Waals surface area contributed by atoms with Crippen molar-refractivity contribution in [1.82, 2.24) is 20.4 Å². The molecule has 8 nitrogen and oxygen atoms in total. The van der Waals surface area contributed by atoms with Gasteiger partial charge in [0.25, 0.3) is 0 Å². The average molecular weight is 397 g/mol. The Balaban J connectivity index is 1.60. The van der Waals surface area contributed by atoms with Crippen LogP contribution in [0.1, 0.15) is 24.5 Å². The molecule has 2 amide bonds. The fourth-order valence-corrected chi connectivity index (χ4v) is 3.59. The summed E-state index contributed by atoms with van der Waals surface area (Å²) in [6, 6.07) is 9.56. The quantitative estimate of drug-likeness (QED) is 0.700. The first kappa shape index (κ1) is 20.8. The van der Waals surface area contributed by atoms with E-state index in [-0.39, 0.29) is 18.5 Å². The van der Waals surface area contributed by atoms with E-state index in [2.05, 4.69) is 26.5 Å². The van der Waals surface area contributed by atoms with Crippen LogP contribution in [0.5, 0.6) is 0 Å². The lowest BCUT2D eigenvalue weighted by Crippen LogP contribution is -2.47. The minimum Gasteiger partial charge on any atom is -0.463 e. The molecule has 2 aliphatic rings. The number of benzene rings is 1. The molecule has 0 aliphatic carbocycles. The van der Waals surface area contributed by atoms with Crippen molar-refractivity contribution in [2.75, 3.05) is 45.9 Å². The van der Waals surface area contributed by atoms with Crippen molar-refractivity contribution in [3.05, 3.63) is 46.7 Å². The first-order valence-corrected chi connectivity index (χ1v) is 9.96. The zero-order valence-corrected chi connectivity index (χ0v) is 16.7. The highest BCUT2D eigenvalue weighted by atomic mass is 16.5. The summed E-state index contributed by atoms with van der Waals surface area (Å²) in [5.74, 6) is -0.382. The van der Waals surface area contributed by atoms with Gasteiger partial charge in [-0.15, -0.1) is 0 Å². The number of esters is 1. The number of hydrogen-bond acceptors (Lipinski definition) is 6. The first-order chi connectivity index (χ1) is 14.1. The minimum absolute atomic E-state index is 0.193. The lowest BCUT2D eigenvalue weighted by molar-refractivity contribution is -0.138. The van der Waals surface area contributed by atoms with E-state index in [4.69, 9.17) is 10.00 Å². The van der Waals surface area contributed by atoms with Crippen molar-refractivity contribution >= 4 is 12.0 Å². The van der Waals surface area contributed by atoms with Crippen molar-refractivity contribution in [2.45, 2.75) is 19.9 Å². The van der Waals surface area contributed by atoms with E-state index in [0.717, 1.165) is 39.1 Å². The summed E-state index contributed by atoms with van der Waals surface area (Å²) in [7, 11) is 0. The third-order valence-electron chi connectivity index (χ3n) is 5.13. The molecule has 2 aliphatic heterocycles. The second kappa shape index (κ2) is 10.0. The molecule has 1 saturated heterocycles. The Labute approximate surface area is 171 Å². The van der Waals surface area contributed by atoms with E-state index in [1.807, 2.05) is 24.3 Å². The summed E-state index contributed by atoms with van der Waals surface area (Å²) in [5, 5.41) is 14.3. The number of carbonyl (C=O) groups excluding carboxylic acids is 2. The van der Waals surface area contributed by atoms with Crippen LogP contribution in [-0.2, 0) is 16.1 Å². The fraction of sp³-hybridized carbons (Fsp3) is 0.476. The van der Waals surface area contributed by atoms with Gasteiger partial charge >= 0.3 is 12.0 Å². The van der Waals surface area contributed by atoms with Crippen LogP contribution in [0.4, 0.5) is 4.79 Å². The van der Waals surface area contributed by atoms with Gasteiger partial charge in [0.15, 0.2) is 0 Å². The summed E-state index contributed by atoms with van der Waals surface area (Å²) < 4.78 is 5.13. The van der Waals surface area contributed by atoms with Crippen molar-refractivity contribution in [3.63, 3.8) is 0 Å². The topological polar surface area (TPSA) is 97.7 Å². The lowest BCUT2D eigenvalue weighted by atomic mass is 10.1. The molecule has 3 rings (SSSR count). The Morgan fingerprint density at radius 2 is 1.83 bits per heavy atom. The third kappa shape index (κ3) is 5.79. The molecule has 0 unspecified atom stereocenters. The number of nitriles is 1. The van der Waals surface area contributed by atoms with E-state index in [9.17, 15) is 9.59 Å². The van der Waals surface area contributed by atoms with Crippen molar-refractivity contribution in [2.24, 2.45) is 0 Å². The van der Waals surface area contributed by atoms with Gasteiger partial charge in [0.2, 0.25) is 0 Å². The highest BCUT2D eigenvalue weighted by Crippen LogP contribution is 2.14. The van der Waals surface area contributed by atoms with Gasteiger partial charge in [-0.3, -0.25) is 9.80 Å². The maximum atomic E-state index is 12.2. The number of hydrogen-bond donors (Lipinski definition) is 2. The SMILES string of the molecule is CCOC(=O)C1=C(CN2CCCN(Cc3ccc(C#N)cc3)CC2)NC(=O)NC1. The number of ether oxygens (including phenoxy) is 1. The number of urea groups is 1. The van der Waals surface area contributed by atoms with Gasteiger partial charge < -0.3 is 15.4 Å². The predicted molar refractivity (Wildman–Crippen MR) is 108 cm³/mol. The van der Waals surface area contributed by atoms with Crippen LogP contribution >= 0.6 is 0 Å².